The molecule has 0 saturated carbocycles. The molecule has 19 heavy (non-hydrogen) atoms. The molecule has 2 rings (SSSR count). The number of likely N-dealkylation sites (N-methyl/N-ethyl adjacent to an activating group) is 1. The molecular weight excluding hydrogens is 243 g/mol. The number of carbonyl (C=O) groups is 1. The molecule has 4 heteroatoms. The van der Waals surface area contributed by atoms with Crippen LogP contribution in [-0.2, 0) is 0 Å². The molecule has 0 spiro atoms. The first-order valence-electron chi connectivity index (χ1n) is 6.39. The molecule has 0 N–H and O–H groups in total. The maximum absolute atomic E-state index is 13.2. The minimum atomic E-state index is -0.286. The van der Waals surface area contributed by atoms with Crippen molar-refractivity contribution in [2.75, 3.05) is 14.1 Å². The summed E-state index contributed by atoms with van der Waals surface area (Å²) in [7, 11) is 3.79. The molecule has 0 saturated heterocycles. The number of aromatic nitrogens is 1. The van der Waals surface area contributed by atoms with E-state index in [2.05, 4.69) is 0 Å². The zero-order valence-corrected chi connectivity index (χ0v) is 11.7. The second kappa shape index (κ2) is 5.13. The lowest BCUT2D eigenvalue weighted by Crippen LogP contribution is -2.42. The monoisotopic (exact) mass is 262 g/mol. The normalized spacial score (nSPS) is 13.4. The molecule has 102 valence electrons. The van der Waals surface area contributed by atoms with Crippen molar-refractivity contribution in [3.05, 3.63) is 36.3 Å². The van der Waals surface area contributed by atoms with E-state index in [-0.39, 0.29) is 23.7 Å². The van der Waals surface area contributed by atoms with Gasteiger partial charge in [0.2, 0.25) is 5.91 Å². The molecule has 0 aliphatic heterocycles. The fourth-order valence-corrected chi connectivity index (χ4v) is 2.55. The predicted octanol–water partition coefficient (Wildman–Crippen LogP) is 3.01. The first-order valence-corrected chi connectivity index (χ1v) is 6.39. The average molecular weight is 262 g/mol. The van der Waals surface area contributed by atoms with Crippen molar-refractivity contribution in [1.82, 2.24) is 9.47 Å². The standard InChI is InChI=1S/C15H19FN2O/c1-10(2)14(17(3)4)15(19)18-8-7-11-9-12(16)5-6-13(11)18/h5-10,14H,1-4H3/t14-/m1/s1. The number of halogens is 1. The van der Waals surface area contributed by atoms with Crippen LogP contribution in [0.1, 0.15) is 18.6 Å². The van der Waals surface area contributed by atoms with Crippen molar-refractivity contribution < 1.29 is 9.18 Å². The maximum atomic E-state index is 13.2. The van der Waals surface area contributed by atoms with Gasteiger partial charge in [0.05, 0.1) is 11.6 Å². The second-order valence-corrected chi connectivity index (χ2v) is 5.38. The minimum absolute atomic E-state index is 0.0154. The van der Waals surface area contributed by atoms with Gasteiger partial charge in [0.25, 0.3) is 0 Å². The smallest absolute Gasteiger partial charge is 0.248 e. The number of hydrogen-bond acceptors (Lipinski definition) is 2. The van der Waals surface area contributed by atoms with Crippen LogP contribution in [0.2, 0.25) is 0 Å². The number of rotatable bonds is 3. The minimum Gasteiger partial charge on any atom is -0.298 e. The molecule has 0 aliphatic carbocycles. The first-order chi connectivity index (χ1) is 8.91. The van der Waals surface area contributed by atoms with Gasteiger partial charge < -0.3 is 0 Å². The SMILES string of the molecule is CC(C)[C@H](C(=O)n1ccc2cc(F)ccc21)N(C)C. The summed E-state index contributed by atoms with van der Waals surface area (Å²) in [6, 6.07) is 6.05. The van der Waals surface area contributed by atoms with E-state index in [1.54, 1.807) is 22.9 Å². The van der Waals surface area contributed by atoms with Gasteiger partial charge in [-0.25, -0.2) is 4.39 Å². The fourth-order valence-electron chi connectivity index (χ4n) is 2.55. The number of fused-ring (bicyclic) bond motifs is 1. The van der Waals surface area contributed by atoms with Crippen molar-refractivity contribution in [1.29, 1.82) is 0 Å². The molecule has 1 atom stereocenters. The van der Waals surface area contributed by atoms with E-state index in [1.807, 2.05) is 32.8 Å². The summed E-state index contributed by atoms with van der Waals surface area (Å²) in [6.45, 7) is 4.04. The molecule has 1 aromatic carbocycles. The molecule has 0 aliphatic rings. The molecule has 2 aromatic rings. The van der Waals surface area contributed by atoms with Gasteiger partial charge in [0.15, 0.2) is 0 Å². The van der Waals surface area contributed by atoms with Gasteiger partial charge >= 0.3 is 0 Å². The number of carbonyl (C=O) groups excluding carboxylic acids is 1. The lowest BCUT2D eigenvalue weighted by Gasteiger charge is -2.26. The van der Waals surface area contributed by atoms with Gasteiger partial charge in [-0.15, -0.1) is 0 Å². The van der Waals surface area contributed by atoms with Gasteiger partial charge in [0, 0.05) is 11.6 Å². The highest BCUT2D eigenvalue weighted by atomic mass is 19.1. The summed E-state index contributed by atoms with van der Waals surface area (Å²) in [5.41, 5.74) is 0.749. The second-order valence-electron chi connectivity index (χ2n) is 5.38. The van der Waals surface area contributed by atoms with Crippen molar-refractivity contribution in [3.63, 3.8) is 0 Å². The van der Waals surface area contributed by atoms with Crippen LogP contribution in [-0.4, -0.2) is 35.5 Å². The quantitative estimate of drug-likeness (QED) is 0.849. The van der Waals surface area contributed by atoms with E-state index in [1.165, 1.54) is 12.1 Å². The zero-order chi connectivity index (χ0) is 14.2. The Morgan fingerprint density at radius 1 is 1.26 bits per heavy atom. The zero-order valence-electron chi connectivity index (χ0n) is 11.7. The predicted molar refractivity (Wildman–Crippen MR) is 74.8 cm³/mol. The highest BCUT2D eigenvalue weighted by molar-refractivity contribution is 5.95. The molecule has 0 amide bonds. The average Bonchev–Trinajstić information content (AvgIpc) is 2.70. The van der Waals surface area contributed by atoms with Gasteiger partial charge in [0.1, 0.15) is 5.82 Å². The van der Waals surface area contributed by atoms with Crippen LogP contribution in [0, 0.1) is 11.7 Å². The van der Waals surface area contributed by atoms with Gasteiger partial charge in [-0.05, 0) is 44.3 Å². The van der Waals surface area contributed by atoms with Crippen molar-refractivity contribution in [2.24, 2.45) is 5.92 Å². The molecule has 3 nitrogen and oxygen atoms in total. The molecule has 0 unspecified atom stereocenters. The molecule has 1 heterocycles. The maximum Gasteiger partial charge on any atom is 0.248 e. The topological polar surface area (TPSA) is 25.2 Å². The van der Waals surface area contributed by atoms with Crippen molar-refractivity contribution in [3.8, 4) is 0 Å². The lowest BCUT2D eigenvalue weighted by molar-refractivity contribution is 0.0743. The number of benzene rings is 1. The molecule has 0 fully saturated rings. The summed E-state index contributed by atoms with van der Waals surface area (Å²) >= 11 is 0. The van der Waals surface area contributed by atoms with Crippen LogP contribution in [0.15, 0.2) is 30.5 Å². The lowest BCUT2D eigenvalue weighted by atomic mass is 10.0. The largest absolute Gasteiger partial charge is 0.298 e. The van der Waals surface area contributed by atoms with E-state index >= 15 is 0 Å². The van der Waals surface area contributed by atoms with Crippen LogP contribution in [0.3, 0.4) is 0 Å². The van der Waals surface area contributed by atoms with E-state index in [0.717, 1.165) is 10.9 Å². The van der Waals surface area contributed by atoms with Crippen molar-refractivity contribution in [2.45, 2.75) is 19.9 Å². The van der Waals surface area contributed by atoms with E-state index in [4.69, 9.17) is 0 Å². The Labute approximate surface area is 112 Å². The Morgan fingerprint density at radius 2 is 1.95 bits per heavy atom. The highest BCUT2D eigenvalue weighted by Gasteiger charge is 2.26. The molecule has 0 radical (unpaired) electrons. The van der Waals surface area contributed by atoms with Crippen LogP contribution in [0.5, 0.6) is 0 Å². The van der Waals surface area contributed by atoms with Crippen LogP contribution in [0.4, 0.5) is 4.39 Å². The summed E-state index contributed by atoms with van der Waals surface area (Å²) in [5.74, 6) is -0.0623. The van der Waals surface area contributed by atoms with E-state index in [0.29, 0.717) is 0 Å². The third-order valence-electron chi connectivity index (χ3n) is 3.33. The summed E-state index contributed by atoms with van der Waals surface area (Å²) in [4.78, 5) is 14.5. The van der Waals surface area contributed by atoms with E-state index in [9.17, 15) is 9.18 Å². The Kier molecular flexibility index (Phi) is 3.71. The van der Waals surface area contributed by atoms with E-state index < -0.39 is 0 Å². The summed E-state index contributed by atoms with van der Waals surface area (Å²) in [6.07, 6.45) is 1.71. The number of nitrogens with zero attached hydrogens (tertiary/aromatic N) is 2. The van der Waals surface area contributed by atoms with Gasteiger partial charge in [-0.1, -0.05) is 13.8 Å². The Bertz CT molecular complexity index is 593. The van der Waals surface area contributed by atoms with Gasteiger partial charge in [-0.2, -0.15) is 0 Å². The van der Waals surface area contributed by atoms with Crippen LogP contribution < -0.4 is 0 Å². The van der Waals surface area contributed by atoms with Gasteiger partial charge in [-0.3, -0.25) is 14.3 Å². The summed E-state index contributed by atoms with van der Waals surface area (Å²) in [5, 5.41) is 0.745. The third kappa shape index (κ3) is 2.54. The Hall–Kier alpha value is -1.68. The highest BCUT2D eigenvalue weighted by Crippen LogP contribution is 2.19. The van der Waals surface area contributed by atoms with Crippen LogP contribution in [0.25, 0.3) is 10.9 Å². The van der Waals surface area contributed by atoms with Crippen molar-refractivity contribution >= 4 is 16.8 Å². The summed E-state index contributed by atoms with van der Waals surface area (Å²) < 4.78 is 14.8. The fraction of sp³-hybridized carbons (Fsp3) is 0.400. The molecular formula is C15H19FN2O. The number of hydrogen-bond donors (Lipinski definition) is 0. The Morgan fingerprint density at radius 3 is 2.53 bits per heavy atom. The van der Waals surface area contributed by atoms with Crippen LogP contribution >= 0.6 is 0 Å². The molecule has 0 bridgehead atoms. The molecule has 1 aromatic heterocycles. The first kappa shape index (κ1) is 13.7. The Balaban J connectivity index is 2.46. The third-order valence-corrected chi connectivity index (χ3v) is 3.33.